The van der Waals surface area contributed by atoms with E-state index in [1.165, 1.54) is 13.2 Å². The third kappa shape index (κ3) is 3.99. The van der Waals surface area contributed by atoms with Gasteiger partial charge in [0.2, 0.25) is 0 Å². The molecule has 1 aliphatic carbocycles. The molecule has 4 heterocycles. The Labute approximate surface area is 221 Å². The molecule has 0 unspecified atom stereocenters. The lowest BCUT2D eigenvalue weighted by molar-refractivity contribution is -0.143. The molecule has 6 rings (SSSR count). The highest BCUT2D eigenvalue weighted by molar-refractivity contribution is 5.93. The monoisotopic (exact) mass is 520 g/mol. The van der Waals surface area contributed by atoms with Crippen molar-refractivity contribution in [3.05, 3.63) is 53.1 Å². The summed E-state index contributed by atoms with van der Waals surface area (Å²) in [5, 5.41) is 4.74. The Bertz CT molecular complexity index is 1430. The molecule has 3 fully saturated rings. The maximum Gasteiger partial charge on any atom is 0.316 e. The molecule has 3 aliphatic rings. The van der Waals surface area contributed by atoms with Crippen LogP contribution >= 0.6 is 0 Å². The second-order valence-electron chi connectivity index (χ2n) is 11.3. The van der Waals surface area contributed by atoms with Gasteiger partial charge in [-0.3, -0.25) is 9.59 Å². The number of amides is 1. The van der Waals surface area contributed by atoms with E-state index in [1.54, 1.807) is 22.7 Å². The number of rotatable bonds is 5. The number of halogens is 1. The van der Waals surface area contributed by atoms with E-state index in [-0.39, 0.29) is 23.3 Å². The minimum atomic E-state index is -0.750. The van der Waals surface area contributed by atoms with Gasteiger partial charge in [-0.05, 0) is 63.3 Å². The molecule has 2 aromatic heterocycles. The molecule has 0 N–H and O–H groups in total. The number of benzene rings is 1. The van der Waals surface area contributed by atoms with Crippen molar-refractivity contribution in [1.29, 1.82) is 0 Å². The molecule has 1 amide bonds. The van der Waals surface area contributed by atoms with Crippen LogP contribution in [0.5, 0.6) is 0 Å². The van der Waals surface area contributed by atoms with Crippen LogP contribution in [0.25, 0.3) is 16.9 Å². The van der Waals surface area contributed by atoms with Crippen LogP contribution in [0.4, 0.5) is 4.39 Å². The lowest BCUT2D eigenvalue weighted by Gasteiger charge is -2.38. The highest BCUT2D eigenvalue weighted by Gasteiger charge is 2.52. The number of nitrogens with zero attached hydrogens (tertiary/aromatic N) is 4. The average Bonchev–Trinajstić information content (AvgIpc) is 3.64. The maximum atomic E-state index is 15.4. The van der Waals surface area contributed by atoms with Crippen LogP contribution in [0, 0.1) is 5.82 Å². The standard InChI is InChI=1S/C29H33FN4O4/c1-18-7-5-4-6-12-33(18)26(35)23-14-24(28(2)16-38-17-28)34-25(31-23)15-22(32-34)20-9-8-19(13-21(20)30)29(10-11-29)27(36)37-3/h8-9,13-15,18H,4-7,10-12,16-17H2,1-3H3/t18-/m1/s1. The molecular formula is C29H33FN4O4. The van der Waals surface area contributed by atoms with Gasteiger partial charge in [-0.1, -0.05) is 18.9 Å². The summed E-state index contributed by atoms with van der Waals surface area (Å²) in [6.07, 6.45) is 5.50. The van der Waals surface area contributed by atoms with Gasteiger partial charge < -0.3 is 14.4 Å². The fourth-order valence-electron chi connectivity index (χ4n) is 5.88. The van der Waals surface area contributed by atoms with Gasteiger partial charge in [0.15, 0.2) is 5.65 Å². The lowest BCUT2D eigenvalue weighted by Crippen LogP contribution is -2.46. The number of methoxy groups -OCH3 is 1. The van der Waals surface area contributed by atoms with E-state index < -0.39 is 11.2 Å². The molecule has 3 aromatic rings. The Kier molecular flexibility index (Phi) is 6.01. The van der Waals surface area contributed by atoms with Crippen LogP contribution in [0.3, 0.4) is 0 Å². The van der Waals surface area contributed by atoms with E-state index in [1.807, 2.05) is 11.0 Å². The van der Waals surface area contributed by atoms with Crippen molar-refractivity contribution in [2.75, 3.05) is 26.9 Å². The van der Waals surface area contributed by atoms with Crippen LogP contribution in [0.1, 0.15) is 74.1 Å². The molecule has 1 aromatic carbocycles. The minimum absolute atomic E-state index is 0.0807. The summed E-state index contributed by atoms with van der Waals surface area (Å²) in [6.45, 7) is 5.91. The van der Waals surface area contributed by atoms with Crippen LogP contribution in [-0.4, -0.2) is 64.3 Å². The predicted octanol–water partition coefficient (Wildman–Crippen LogP) is 4.43. The molecule has 2 saturated heterocycles. The molecule has 0 spiro atoms. The quantitative estimate of drug-likeness (QED) is 0.463. The predicted molar refractivity (Wildman–Crippen MR) is 138 cm³/mol. The molecule has 200 valence electrons. The third-order valence-electron chi connectivity index (χ3n) is 8.54. The van der Waals surface area contributed by atoms with Gasteiger partial charge in [0.1, 0.15) is 11.5 Å². The summed E-state index contributed by atoms with van der Waals surface area (Å²) in [7, 11) is 1.36. The summed E-state index contributed by atoms with van der Waals surface area (Å²) in [5.41, 5.74) is 1.97. The van der Waals surface area contributed by atoms with Gasteiger partial charge in [0.05, 0.1) is 42.5 Å². The summed E-state index contributed by atoms with van der Waals surface area (Å²) in [4.78, 5) is 32.6. The first kappa shape index (κ1) is 25.0. The SMILES string of the molecule is COC(=O)C1(c2ccc(-c3cc4nc(C(=O)N5CCCCC[C@H]5C)cc(C5(C)COC5)n4n3)c(F)c2)CC1. The van der Waals surface area contributed by atoms with Crippen molar-refractivity contribution in [2.24, 2.45) is 0 Å². The fraction of sp³-hybridized carbons (Fsp3) is 0.517. The lowest BCUT2D eigenvalue weighted by atomic mass is 9.84. The third-order valence-corrected chi connectivity index (χ3v) is 8.54. The maximum absolute atomic E-state index is 15.4. The minimum Gasteiger partial charge on any atom is -0.468 e. The average molecular weight is 521 g/mol. The highest BCUT2D eigenvalue weighted by atomic mass is 19.1. The fourth-order valence-corrected chi connectivity index (χ4v) is 5.88. The van der Waals surface area contributed by atoms with Gasteiger partial charge >= 0.3 is 5.97 Å². The van der Waals surface area contributed by atoms with E-state index in [0.717, 1.165) is 37.9 Å². The molecule has 9 heteroatoms. The Balaban J connectivity index is 1.41. The van der Waals surface area contributed by atoms with E-state index >= 15 is 4.39 Å². The zero-order chi connectivity index (χ0) is 26.7. The van der Waals surface area contributed by atoms with Crippen molar-refractivity contribution >= 4 is 17.5 Å². The summed E-state index contributed by atoms with van der Waals surface area (Å²) < 4.78 is 27.6. The van der Waals surface area contributed by atoms with Crippen LogP contribution < -0.4 is 0 Å². The van der Waals surface area contributed by atoms with E-state index in [9.17, 15) is 9.59 Å². The number of ether oxygens (including phenoxy) is 2. The summed E-state index contributed by atoms with van der Waals surface area (Å²) >= 11 is 0. The summed E-state index contributed by atoms with van der Waals surface area (Å²) in [5.74, 6) is -0.878. The van der Waals surface area contributed by atoms with Crippen molar-refractivity contribution in [1.82, 2.24) is 19.5 Å². The number of aromatic nitrogens is 3. The summed E-state index contributed by atoms with van der Waals surface area (Å²) in [6, 6.07) is 8.56. The number of fused-ring (bicyclic) bond motifs is 1. The van der Waals surface area contributed by atoms with Crippen LogP contribution in [0.2, 0.25) is 0 Å². The Hall–Kier alpha value is -3.33. The number of hydrogen-bond donors (Lipinski definition) is 0. The van der Waals surface area contributed by atoms with Gasteiger partial charge in [-0.25, -0.2) is 13.9 Å². The van der Waals surface area contributed by atoms with E-state index in [2.05, 4.69) is 13.8 Å². The number of carbonyl (C=O) groups is 2. The van der Waals surface area contributed by atoms with Crippen LogP contribution in [-0.2, 0) is 25.1 Å². The molecule has 2 aliphatic heterocycles. The number of likely N-dealkylation sites (tertiary alicyclic amines) is 1. The Morgan fingerprint density at radius 2 is 1.92 bits per heavy atom. The molecule has 1 atom stereocenters. The molecular weight excluding hydrogens is 487 g/mol. The van der Waals surface area contributed by atoms with Gasteiger partial charge in [-0.15, -0.1) is 0 Å². The number of carbonyl (C=O) groups excluding carboxylic acids is 2. The molecule has 1 saturated carbocycles. The van der Waals surface area contributed by atoms with E-state index in [0.29, 0.717) is 54.2 Å². The second-order valence-corrected chi connectivity index (χ2v) is 11.3. The highest BCUT2D eigenvalue weighted by Crippen LogP contribution is 2.49. The first-order valence-electron chi connectivity index (χ1n) is 13.4. The Morgan fingerprint density at radius 1 is 1.13 bits per heavy atom. The van der Waals surface area contributed by atoms with Crippen molar-refractivity contribution < 1.29 is 23.5 Å². The normalized spacial score (nSPS) is 22.0. The first-order valence-corrected chi connectivity index (χ1v) is 13.4. The van der Waals surface area contributed by atoms with Crippen molar-refractivity contribution in [2.45, 2.75) is 69.2 Å². The topological polar surface area (TPSA) is 86.0 Å². The Morgan fingerprint density at radius 3 is 2.58 bits per heavy atom. The number of esters is 1. The number of hydrogen-bond acceptors (Lipinski definition) is 6. The molecule has 0 bridgehead atoms. The van der Waals surface area contributed by atoms with Gasteiger partial charge in [0, 0.05) is 24.2 Å². The molecule has 0 radical (unpaired) electrons. The van der Waals surface area contributed by atoms with Gasteiger partial charge in [-0.2, -0.15) is 5.10 Å². The van der Waals surface area contributed by atoms with Crippen molar-refractivity contribution in [3.63, 3.8) is 0 Å². The first-order chi connectivity index (χ1) is 18.3. The zero-order valence-electron chi connectivity index (χ0n) is 22.1. The molecule has 8 nitrogen and oxygen atoms in total. The smallest absolute Gasteiger partial charge is 0.316 e. The van der Waals surface area contributed by atoms with Crippen LogP contribution in [0.15, 0.2) is 30.3 Å². The second kappa shape index (κ2) is 9.15. The van der Waals surface area contributed by atoms with Gasteiger partial charge in [0.25, 0.3) is 5.91 Å². The zero-order valence-corrected chi connectivity index (χ0v) is 22.1. The molecule has 38 heavy (non-hydrogen) atoms. The van der Waals surface area contributed by atoms with E-state index in [4.69, 9.17) is 19.6 Å². The largest absolute Gasteiger partial charge is 0.468 e. The van der Waals surface area contributed by atoms with Crippen molar-refractivity contribution in [3.8, 4) is 11.3 Å².